The van der Waals surface area contributed by atoms with Crippen LogP contribution in [0.3, 0.4) is 0 Å². The van der Waals surface area contributed by atoms with Crippen LogP contribution in [0.2, 0.25) is 0 Å². The molecule has 2 heterocycles. The van der Waals surface area contributed by atoms with Crippen molar-refractivity contribution in [2.75, 3.05) is 13.1 Å². The standard InChI is InChI=1S/C20H20F3NO5/c21-20(22,23)5-6-24(28)9-17-7-10-1-2-11(25)14-13(10)18(8-17)15(29-14)12(26)3-4-19(18,27)16(17)24/h1-2,15-16,25,27H,3-9H2/t15-,16+,17?,18?,19+,24?/m0/s1. The third-order valence-corrected chi connectivity index (χ3v) is 8.20. The van der Waals surface area contributed by atoms with E-state index in [9.17, 15) is 33.4 Å². The van der Waals surface area contributed by atoms with Crippen LogP contribution in [0.1, 0.15) is 36.8 Å². The highest BCUT2D eigenvalue weighted by molar-refractivity contribution is 5.90. The Bertz CT molecular complexity index is 982. The van der Waals surface area contributed by atoms with E-state index in [4.69, 9.17) is 4.74 Å². The molecule has 6 atom stereocenters. The van der Waals surface area contributed by atoms with E-state index < -0.39 is 52.4 Å². The molecule has 2 bridgehead atoms. The Morgan fingerprint density at radius 2 is 2.10 bits per heavy atom. The van der Waals surface area contributed by atoms with Gasteiger partial charge in [0.25, 0.3) is 0 Å². The summed E-state index contributed by atoms with van der Waals surface area (Å²) in [4.78, 5) is 12.8. The lowest BCUT2D eigenvalue weighted by Gasteiger charge is -2.67. The van der Waals surface area contributed by atoms with Crippen molar-refractivity contribution < 1.29 is 37.6 Å². The molecule has 6 rings (SSSR count). The fourth-order valence-electron chi connectivity index (χ4n) is 7.70. The van der Waals surface area contributed by atoms with E-state index in [-0.39, 0.29) is 36.7 Å². The summed E-state index contributed by atoms with van der Waals surface area (Å²) < 4.78 is 43.4. The van der Waals surface area contributed by atoms with Gasteiger partial charge in [0.2, 0.25) is 0 Å². The molecule has 0 amide bonds. The summed E-state index contributed by atoms with van der Waals surface area (Å²) in [6, 6.07) is 2.26. The minimum absolute atomic E-state index is 0.00114. The van der Waals surface area contributed by atoms with Gasteiger partial charge in [0.1, 0.15) is 11.6 Å². The minimum Gasteiger partial charge on any atom is -0.632 e. The minimum atomic E-state index is -4.45. The monoisotopic (exact) mass is 411 g/mol. The second kappa shape index (κ2) is 4.73. The molecule has 29 heavy (non-hydrogen) atoms. The first-order valence-electron chi connectivity index (χ1n) is 9.88. The summed E-state index contributed by atoms with van der Waals surface area (Å²) in [7, 11) is 0. The van der Waals surface area contributed by atoms with Crippen LogP contribution in [0.25, 0.3) is 0 Å². The molecule has 2 saturated carbocycles. The maximum atomic E-state index is 13.5. The number of hydrogen-bond donors (Lipinski definition) is 2. The molecule has 2 aliphatic heterocycles. The van der Waals surface area contributed by atoms with Crippen LogP contribution < -0.4 is 4.74 Å². The number of alkyl halides is 3. The quantitative estimate of drug-likeness (QED) is 0.575. The summed E-state index contributed by atoms with van der Waals surface area (Å²) in [6.45, 7) is -0.642. The number of fused-ring (bicyclic) bond motifs is 1. The van der Waals surface area contributed by atoms with Gasteiger partial charge < -0.3 is 24.8 Å². The van der Waals surface area contributed by atoms with E-state index in [0.717, 1.165) is 5.56 Å². The Kier molecular flexibility index (Phi) is 2.93. The van der Waals surface area contributed by atoms with Gasteiger partial charge in [-0.2, -0.15) is 13.2 Å². The number of likely N-dealkylation sites (tertiary alicyclic amines) is 1. The normalized spacial score (nSPS) is 46.0. The maximum Gasteiger partial charge on any atom is 0.394 e. The number of aliphatic hydroxyl groups is 1. The van der Waals surface area contributed by atoms with Gasteiger partial charge in [-0.25, -0.2) is 0 Å². The second-order valence-corrected chi connectivity index (χ2v) is 9.63. The van der Waals surface area contributed by atoms with Crippen LogP contribution in [0.5, 0.6) is 11.5 Å². The zero-order valence-electron chi connectivity index (χ0n) is 15.5. The summed E-state index contributed by atoms with van der Waals surface area (Å²) in [5, 5.41) is 35.8. The van der Waals surface area contributed by atoms with Crippen molar-refractivity contribution in [2.45, 2.75) is 61.4 Å². The largest absolute Gasteiger partial charge is 0.632 e. The van der Waals surface area contributed by atoms with Crippen molar-refractivity contribution >= 4 is 5.78 Å². The van der Waals surface area contributed by atoms with Crippen molar-refractivity contribution in [2.24, 2.45) is 5.41 Å². The molecular formula is C20H20F3NO5. The summed E-state index contributed by atoms with van der Waals surface area (Å²) in [5.74, 6) is -0.150. The molecule has 1 aromatic carbocycles. The number of rotatable bonds is 2. The maximum absolute atomic E-state index is 13.5. The lowest BCUT2D eigenvalue weighted by atomic mass is 9.57. The number of phenolic OH excluding ortho intramolecular Hbond substituents is 1. The fourth-order valence-corrected chi connectivity index (χ4v) is 7.70. The van der Waals surface area contributed by atoms with E-state index in [1.807, 2.05) is 0 Å². The van der Waals surface area contributed by atoms with Crippen LogP contribution in [0, 0.1) is 10.6 Å². The van der Waals surface area contributed by atoms with Crippen molar-refractivity contribution in [3.63, 3.8) is 0 Å². The van der Waals surface area contributed by atoms with E-state index in [1.165, 1.54) is 6.07 Å². The van der Waals surface area contributed by atoms with Gasteiger partial charge in [0, 0.05) is 12.0 Å². The Morgan fingerprint density at radius 3 is 2.83 bits per heavy atom. The fraction of sp³-hybridized carbons (Fsp3) is 0.650. The molecule has 2 spiro atoms. The average molecular weight is 411 g/mol. The molecule has 6 nitrogen and oxygen atoms in total. The Labute approximate surface area is 164 Å². The molecule has 2 N–H and O–H groups in total. The topological polar surface area (TPSA) is 89.8 Å². The molecule has 3 fully saturated rings. The van der Waals surface area contributed by atoms with Crippen molar-refractivity contribution in [1.29, 1.82) is 0 Å². The predicted molar refractivity (Wildman–Crippen MR) is 92.0 cm³/mol. The number of hydroxylamine groups is 3. The number of phenols is 1. The average Bonchev–Trinajstić information content (AvgIpc) is 3.04. The number of quaternary nitrogens is 1. The van der Waals surface area contributed by atoms with Crippen molar-refractivity contribution in [1.82, 2.24) is 0 Å². The lowest BCUT2D eigenvalue weighted by Crippen LogP contribution is -2.79. The first-order chi connectivity index (χ1) is 13.5. The first kappa shape index (κ1) is 18.0. The zero-order valence-corrected chi connectivity index (χ0v) is 15.5. The predicted octanol–water partition coefficient (Wildman–Crippen LogP) is 2.08. The number of hydrogen-bond acceptors (Lipinski definition) is 5. The second-order valence-electron chi connectivity index (χ2n) is 9.63. The molecule has 9 heteroatoms. The molecular weight excluding hydrogens is 391 g/mol. The number of aromatic hydroxyl groups is 1. The molecule has 5 aliphatic rings. The number of halogens is 3. The number of ether oxygens (including phenoxy) is 1. The third kappa shape index (κ3) is 1.80. The number of benzene rings is 1. The van der Waals surface area contributed by atoms with Crippen LogP contribution in [-0.4, -0.2) is 57.7 Å². The van der Waals surface area contributed by atoms with Gasteiger partial charge >= 0.3 is 6.18 Å². The molecule has 1 saturated heterocycles. The molecule has 3 aliphatic carbocycles. The number of Topliss-reactive ketones (excluding diaryl/α,β-unsaturated/α-hetero) is 1. The van der Waals surface area contributed by atoms with Gasteiger partial charge in [0.05, 0.1) is 30.3 Å². The van der Waals surface area contributed by atoms with Crippen molar-refractivity contribution in [3.8, 4) is 11.5 Å². The summed E-state index contributed by atoms with van der Waals surface area (Å²) >= 11 is 0. The van der Waals surface area contributed by atoms with Crippen LogP contribution in [0.15, 0.2) is 12.1 Å². The highest BCUT2D eigenvalue weighted by Crippen LogP contribution is 2.76. The molecule has 3 unspecified atom stereocenters. The van der Waals surface area contributed by atoms with Crippen LogP contribution in [-0.2, 0) is 16.6 Å². The Balaban J connectivity index is 1.54. The molecule has 156 valence electrons. The summed E-state index contributed by atoms with van der Waals surface area (Å²) in [5.41, 5.74) is -2.07. The van der Waals surface area contributed by atoms with Gasteiger partial charge in [0.15, 0.2) is 23.4 Å². The highest BCUT2D eigenvalue weighted by Gasteiger charge is 2.87. The molecule has 0 aromatic heterocycles. The van der Waals surface area contributed by atoms with Gasteiger partial charge in [-0.3, -0.25) is 4.79 Å². The lowest BCUT2D eigenvalue weighted by molar-refractivity contribution is -0.974. The number of ketones is 1. The van der Waals surface area contributed by atoms with Crippen LogP contribution >= 0.6 is 0 Å². The summed E-state index contributed by atoms with van der Waals surface area (Å²) in [6.07, 6.45) is -5.87. The highest BCUT2D eigenvalue weighted by atomic mass is 19.4. The smallest absolute Gasteiger partial charge is 0.394 e. The van der Waals surface area contributed by atoms with E-state index in [1.54, 1.807) is 6.07 Å². The SMILES string of the molecule is O=C1CC[C@@]2(O)[C@H]3C4(Cc5ccc(O)c6c5C2(C4)[C@H]1O6)C[N+]3([O-])CCC(F)(F)F. The van der Waals surface area contributed by atoms with Gasteiger partial charge in [-0.1, -0.05) is 6.07 Å². The zero-order chi connectivity index (χ0) is 20.6. The molecule has 1 aromatic rings. The number of carbonyl (C=O) groups is 1. The molecule has 0 radical (unpaired) electrons. The van der Waals surface area contributed by atoms with E-state index in [2.05, 4.69) is 0 Å². The third-order valence-electron chi connectivity index (χ3n) is 8.20. The van der Waals surface area contributed by atoms with E-state index in [0.29, 0.717) is 18.4 Å². The number of carbonyl (C=O) groups excluding carboxylic acids is 1. The Hall–Kier alpha value is -1.84. The van der Waals surface area contributed by atoms with E-state index >= 15 is 0 Å². The van der Waals surface area contributed by atoms with Gasteiger partial charge in [-0.05, 0) is 30.9 Å². The number of nitrogens with zero attached hydrogens (tertiary/aromatic N) is 1. The first-order valence-corrected chi connectivity index (χ1v) is 9.88. The van der Waals surface area contributed by atoms with Crippen molar-refractivity contribution in [3.05, 3.63) is 28.5 Å². The Morgan fingerprint density at radius 1 is 1.34 bits per heavy atom. The van der Waals surface area contributed by atoms with Gasteiger partial charge in [-0.15, -0.1) is 0 Å². The van der Waals surface area contributed by atoms with Crippen LogP contribution in [0.4, 0.5) is 13.2 Å².